The second-order valence-corrected chi connectivity index (χ2v) is 14.4. The van der Waals surface area contributed by atoms with Crippen LogP contribution in [0.15, 0.2) is 194 Å². The highest BCUT2D eigenvalue weighted by Crippen LogP contribution is 2.62. The Balaban J connectivity index is 1.02. The minimum absolute atomic E-state index is 0.0308. The number of para-hydroxylation sites is 2. The number of rotatable bonds is 4. The van der Waals surface area contributed by atoms with E-state index in [1.165, 1.54) is 38.9 Å². The van der Waals surface area contributed by atoms with E-state index in [2.05, 4.69) is 182 Å². The van der Waals surface area contributed by atoms with Gasteiger partial charge >= 0.3 is 0 Å². The molecule has 0 radical (unpaired) electrons. The number of aromatic nitrogens is 2. The van der Waals surface area contributed by atoms with Crippen molar-refractivity contribution in [2.75, 3.05) is 0 Å². The number of benzene rings is 7. The van der Waals surface area contributed by atoms with Crippen LogP contribution in [0.5, 0.6) is 5.75 Å². The lowest BCUT2D eigenvalue weighted by Gasteiger charge is -2.48. The number of allylic oxidation sites excluding steroid dienone is 2. The van der Waals surface area contributed by atoms with E-state index in [4.69, 9.17) is 14.7 Å². The monoisotopic (exact) mass is 690 g/mol. The van der Waals surface area contributed by atoms with E-state index in [1.807, 2.05) is 12.1 Å². The van der Waals surface area contributed by atoms with Gasteiger partial charge < -0.3 is 4.74 Å². The molecule has 0 saturated heterocycles. The van der Waals surface area contributed by atoms with Crippen molar-refractivity contribution in [3.63, 3.8) is 0 Å². The van der Waals surface area contributed by atoms with E-state index in [1.54, 1.807) is 0 Å². The van der Waals surface area contributed by atoms with Gasteiger partial charge in [0.1, 0.15) is 11.9 Å². The lowest BCUT2D eigenvalue weighted by molar-refractivity contribution is 0.149. The van der Waals surface area contributed by atoms with E-state index in [0.717, 1.165) is 44.6 Å². The normalized spacial score (nSPS) is 17.2. The molecule has 11 rings (SSSR count). The minimum Gasteiger partial charge on any atom is -0.485 e. The molecule has 0 fully saturated rings. The Labute approximate surface area is 314 Å². The molecule has 2 atom stereocenters. The molecule has 8 aromatic rings. The van der Waals surface area contributed by atoms with E-state index in [9.17, 15) is 0 Å². The van der Waals surface area contributed by atoms with Gasteiger partial charge in [0.25, 0.3) is 0 Å². The fraction of sp³-hybridized carbons (Fsp3) is 0.0588. The summed E-state index contributed by atoms with van der Waals surface area (Å²) in [5.41, 5.74) is 14.6. The van der Waals surface area contributed by atoms with Gasteiger partial charge in [-0.05, 0) is 57.1 Å². The maximum atomic E-state index is 7.09. The summed E-state index contributed by atoms with van der Waals surface area (Å²) >= 11 is 0. The molecular weight excluding hydrogens is 657 g/mol. The smallest absolute Gasteiger partial charge is 0.160 e. The second-order valence-electron chi connectivity index (χ2n) is 14.4. The zero-order chi connectivity index (χ0) is 35.6. The molecule has 3 nitrogen and oxygen atoms in total. The lowest BCUT2D eigenvalue weighted by Crippen LogP contribution is -2.48. The molecule has 54 heavy (non-hydrogen) atoms. The van der Waals surface area contributed by atoms with Crippen LogP contribution < -0.4 is 4.74 Å². The van der Waals surface area contributed by atoms with Crippen molar-refractivity contribution in [1.82, 2.24) is 9.97 Å². The van der Waals surface area contributed by atoms with E-state index in [0.29, 0.717) is 5.82 Å². The summed E-state index contributed by atoms with van der Waals surface area (Å²) in [6.45, 7) is 0. The molecule has 0 amide bonds. The zero-order valence-corrected chi connectivity index (χ0v) is 29.4. The molecule has 0 saturated carbocycles. The first-order valence-corrected chi connectivity index (χ1v) is 18.6. The molecule has 1 spiro atoms. The highest BCUT2D eigenvalue weighted by molar-refractivity contribution is 5.94. The maximum absolute atomic E-state index is 7.09. The number of hydrogen-bond acceptors (Lipinski definition) is 3. The van der Waals surface area contributed by atoms with Crippen LogP contribution in [0.1, 0.15) is 22.3 Å². The summed E-state index contributed by atoms with van der Waals surface area (Å²) in [4.78, 5) is 10.4. The van der Waals surface area contributed by atoms with Crippen LogP contribution in [0, 0.1) is 5.92 Å². The predicted octanol–water partition coefficient (Wildman–Crippen LogP) is 12.0. The van der Waals surface area contributed by atoms with Crippen molar-refractivity contribution in [3.05, 3.63) is 216 Å². The first kappa shape index (κ1) is 30.8. The standard InChI is InChI=1S/C51H34N2O/c1-2-14-33(15-3-1)34-28-30-35(31-29-34)48-41-20-6-10-26-46(41)52-50(53-48)37-17-12-16-36(32-37)38-21-13-25-45-49(38)54-47-27-11-9-24-44(47)51(45)42-22-7-4-18-39(42)40-19-5-8-23-43(40)51/h1-32,45,49H. The Kier molecular flexibility index (Phi) is 6.90. The van der Waals surface area contributed by atoms with E-state index in [-0.39, 0.29) is 12.0 Å². The van der Waals surface area contributed by atoms with Gasteiger partial charge in [-0.1, -0.05) is 176 Å². The quantitative estimate of drug-likeness (QED) is 0.184. The number of ether oxygens (including phenoxy) is 1. The Morgan fingerprint density at radius 3 is 1.89 bits per heavy atom. The van der Waals surface area contributed by atoms with Crippen molar-refractivity contribution in [2.45, 2.75) is 11.5 Å². The van der Waals surface area contributed by atoms with Gasteiger partial charge in [0.05, 0.1) is 16.6 Å². The molecule has 2 heterocycles. The first-order chi connectivity index (χ1) is 26.8. The highest BCUT2D eigenvalue weighted by Gasteiger charge is 2.56. The molecule has 2 aliphatic carbocycles. The third-order valence-electron chi connectivity index (χ3n) is 11.6. The van der Waals surface area contributed by atoms with Crippen LogP contribution >= 0.6 is 0 Å². The van der Waals surface area contributed by atoms with Crippen molar-refractivity contribution in [1.29, 1.82) is 0 Å². The summed E-state index contributed by atoms with van der Waals surface area (Å²) < 4.78 is 7.09. The van der Waals surface area contributed by atoms with Gasteiger partial charge in [-0.3, -0.25) is 0 Å². The van der Waals surface area contributed by atoms with Crippen LogP contribution in [-0.2, 0) is 5.41 Å². The largest absolute Gasteiger partial charge is 0.485 e. The summed E-state index contributed by atoms with van der Waals surface area (Å²) in [5.74, 6) is 1.66. The molecular formula is C51H34N2O. The van der Waals surface area contributed by atoms with Gasteiger partial charge in [-0.25, -0.2) is 9.97 Å². The Bertz CT molecular complexity index is 2770. The summed E-state index contributed by atoms with van der Waals surface area (Å²) in [6.07, 6.45) is 6.62. The van der Waals surface area contributed by atoms with Gasteiger partial charge in [-0.15, -0.1) is 0 Å². The number of fused-ring (bicyclic) bond motifs is 10. The molecule has 7 aromatic carbocycles. The second kappa shape index (κ2) is 12.1. The summed E-state index contributed by atoms with van der Waals surface area (Å²) in [6, 6.07) is 62.7. The minimum atomic E-state index is -0.396. The average molecular weight is 691 g/mol. The average Bonchev–Trinajstić information content (AvgIpc) is 3.54. The lowest BCUT2D eigenvalue weighted by atomic mass is 9.59. The topological polar surface area (TPSA) is 35.0 Å². The third-order valence-corrected chi connectivity index (χ3v) is 11.6. The Morgan fingerprint density at radius 1 is 0.481 bits per heavy atom. The van der Waals surface area contributed by atoms with E-state index < -0.39 is 5.41 Å². The van der Waals surface area contributed by atoms with Gasteiger partial charge in [0, 0.05) is 33.6 Å². The SMILES string of the molecule is C1=CC2C(Oc3ccccc3C23c2ccccc2-c2ccccc23)C(c2cccc(-c3nc(-c4ccc(-c5ccccc5)cc4)c4ccccc4n3)c2)=C1. The van der Waals surface area contributed by atoms with E-state index >= 15 is 0 Å². The van der Waals surface area contributed by atoms with Crippen molar-refractivity contribution < 1.29 is 4.74 Å². The Hall–Kier alpha value is -6.84. The Morgan fingerprint density at radius 2 is 1.09 bits per heavy atom. The van der Waals surface area contributed by atoms with Gasteiger partial charge in [0.15, 0.2) is 5.82 Å². The van der Waals surface area contributed by atoms with Crippen molar-refractivity contribution in [2.24, 2.45) is 5.92 Å². The molecule has 1 aromatic heterocycles. The number of hydrogen-bond donors (Lipinski definition) is 0. The van der Waals surface area contributed by atoms with Gasteiger partial charge in [0.2, 0.25) is 0 Å². The molecule has 0 N–H and O–H groups in total. The van der Waals surface area contributed by atoms with Crippen molar-refractivity contribution >= 4 is 16.5 Å². The zero-order valence-electron chi connectivity index (χ0n) is 29.4. The highest BCUT2D eigenvalue weighted by atomic mass is 16.5. The van der Waals surface area contributed by atoms with Gasteiger partial charge in [-0.2, -0.15) is 0 Å². The molecule has 3 heteroatoms. The fourth-order valence-corrected chi connectivity index (χ4v) is 9.28. The van der Waals surface area contributed by atoms with Crippen molar-refractivity contribution in [3.8, 4) is 50.6 Å². The first-order valence-electron chi connectivity index (χ1n) is 18.6. The van der Waals surface area contributed by atoms with Crippen LogP contribution in [0.4, 0.5) is 0 Å². The summed E-state index contributed by atoms with van der Waals surface area (Å²) in [7, 11) is 0. The molecule has 3 aliphatic rings. The van der Waals surface area contributed by atoms with Crippen LogP contribution in [0.2, 0.25) is 0 Å². The third kappa shape index (κ3) is 4.55. The molecule has 2 unspecified atom stereocenters. The molecule has 254 valence electrons. The maximum Gasteiger partial charge on any atom is 0.160 e. The number of nitrogens with zero attached hydrogens (tertiary/aromatic N) is 2. The van der Waals surface area contributed by atoms with Crippen LogP contribution in [-0.4, -0.2) is 16.1 Å². The van der Waals surface area contributed by atoms with Crippen LogP contribution in [0.25, 0.3) is 61.4 Å². The molecule has 1 aliphatic heterocycles. The fourth-order valence-electron chi connectivity index (χ4n) is 9.28. The summed E-state index contributed by atoms with van der Waals surface area (Å²) in [5, 5.41) is 1.03. The predicted molar refractivity (Wildman–Crippen MR) is 219 cm³/mol. The van der Waals surface area contributed by atoms with Crippen LogP contribution in [0.3, 0.4) is 0 Å². The molecule has 0 bridgehead atoms.